The van der Waals surface area contributed by atoms with Crippen LogP contribution in [-0.4, -0.2) is 40.0 Å². The maximum Gasteiger partial charge on any atom is 0.261 e. The number of halogens is 2. The minimum Gasteiger partial charge on any atom is -0.370 e. The lowest BCUT2D eigenvalue weighted by molar-refractivity contribution is -0.0792. The molecule has 2 aliphatic rings. The summed E-state index contributed by atoms with van der Waals surface area (Å²) in [6.07, 6.45) is 9.15. The summed E-state index contributed by atoms with van der Waals surface area (Å²) >= 11 is 1.61. The van der Waals surface area contributed by atoms with E-state index in [-0.39, 0.29) is 42.4 Å². The third kappa shape index (κ3) is 4.45. The van der Waals surface area contributed by atoms with Crippen LogP contribution in [0, 0.1) is 0 Å². The highest BCUT2D eigenvalue weighted by molar-refractivity contribution is 7.14. The van der Waals surface area contributed by atoms with Gasteiger partial charge >= 0.3 is 0 Å². The van der Waals surface area contributed by atoms with E-state index in [1.165, 1.54) is 10.4 Å². The summed E-state index contributed by atoms with van der Waals surface area (Å²) < 4.78 is 8.13. The number of nitrogens with zero attached hydrogens (tertiary/aromatic N) is 3. The minimum absolute atomic E-state index is 0. The summed E-state index contributed by atoms with van der Waals surface area (Å²) in [4.78, 5) is 24.0. The lowest BCUT2D eigenvalue weighted by Crippen LogP contribution is -2.44. The first-order valence-electron chi connectivity index (χ1n) is 10.3. The van der Waals surface area contributed by atoms with Crippen LogP contribution < -0.4 is 10.6 Å². The van der Waals surface area contributed by atoms with Crippen molar-refractivity contribution in [2.45, 2.75) is 44.2 Å². The summed E-state index contributed by atoms with van der Waals surface area (Å²) in [5.74, 6) is 0.608. The Labute approximate surface area is 197 Å². The molecule has 3 aromatic heterocycles. The van der Waals surface area contributed by atoms with Gasteiger partial charge in [0.05, 0.1) is 28.8 Å². The quantitative estimate of drug-likeness (QED) is 0.591. The van der Waals surface area contributed by atoms with Crippen molar-refractivity contribution in [3.63, 3.8) is 0 Å². The molecule has 5 heterocycles. The highest BCUT2D eigenvalue weighted by Gasteiger charge is 2.40. The average molecular weight is 484 g/mol. The molecule has 31 heavy (non-hydrogen) atoms. The molecular formula is C21H27Cl2N5O2S. The zero-order valence-electron chi connectivity index (χ0n) is 17.3. The first-order valence-corrected chi connectivity index (χ1v) is 11.1. The minimum atomic E-state index is -0.217. The molecule has 1 saturated heterocycles. The molecule has 1 atom stereocenters. The summed E-state index contributed by atoms with van der Waals surface area (Å²) in [6.45, 7) is 4.70. The van der Waals surface area contributed by atoms with E-state index in [2.05, 4.69) is 33.6 Å². The fraction of sp³-hybridized carbons (Fsp3) is 0.476. The Morgan fingerprint density at radius 1 is 1.39 bits per heavy atom. The van der Waals surface area contributed by atoms with Gasteiger partial charge in [-0.2, -0.15) is 0 Å². The summed E-state index contributed by atoms with van der Waals surface area (Å²) in [6, 6.07) is 3.79. The average Bonchev–Trinajstić information content (AvgIpc) is 3.38. The number of ether oxygens (including phenoxy) is 1. The Hall–Kier alpha value is -1.71. The van der Waals surface area contributed by atoms with Gasteiger partial charge in [0.25, 0.3) is 5.91 Å². The van der Waals surface area contributed by atoms with Crippen LogP contribution in [0.3, 0.4) is 0 Å². The summed E-state index contributed by atoms with van der Waals surface area (Å²) in [7, 11) is 0. The summed E-state index contributed by atoms with van der Waals surface area (Å²) in [5, 5.41) is 6.59. The second-order valence-corrected chi connectivity index (χ2v) is 8.85. The molecule has 0 bridgehead atoms. The molecule has 1 unspecified atom stereocenters. The molecule has 0 radical (unpaired) electrons. The smallest absolute Gasteiger partial charge is 0.261 e. The van der Waals surface area contributed by atoms with Crippen LogP contribution in [0.4, 0.5) is 0 Å². The van der Waals surface area contributed by atoms with Crippen molar-refractivity contribution < 1.29 is 9.53 Å². The maximum absolute atomic E-state index is 13.1. The monoisotopic (exact) mass is 483 g/mol. The molecule has 1 spiro atoms. The van der Waals surface area contributed by atoms with Gasteiger partial charge in [-0.1, -0.05) is 6.92 Å². The highest BCUT2D eigenvalue weighted by Crippen LogP contribution is 2.43. The molecule has 0 saturated carbocycles. The van der Waals surface area contributed by atoms with Crippen LogP contribution in [0.25, 0.3) is 5.78 Å². The normalized spacial score (nSPS) is 18.0. The number of carbonyl (C=O) groups excluding carboxylic acids is 1. The fourth-order valence-electron chi connectivity index (χ4n) is 4.40. The van der Waals surface area contributed by atoms with E-state index < -0.39 is 0 Å². The Morgan fingerprint density at radius 3 is 2.94 bits per heavy atom. The number of imidazole rings is 1. The number of nitrogens with one attached hydrogen (secondary N) is 2. The number of carbonyl (C=O) groups is 1. The molecular weight excluding hydrogens is 457 g/mol. The molecule has 2 N–H and O–H groups in total. The third-order valence-corrected chi connectivity index (χ3v) is 7.16. The second kappa shape index (κ2) is 9.83. The fourth-order valence-corrected chi connectivity index (χ4v) is 5.54. The van der Waals surface area contributed by atoms with Crippen LogP contribution in [0.1, 0.15) is 58.0 Å². The zero-order valence-corrected chi connectivity index (χ0v) is 19.7. The molecule has 0 aromatic carbocycles. The maximum atomic E-state index is 13.1. The molecule has 3 aromatic rings. The molecule has 168 valence electrons. The zero-order chi connectivity index (χ0) is 19.8. The lowest BCUT2D eigenvalue weighted by atomic mass is 9.83. The number of hydrogen-bond acceptors (Lipinski definition) is 6. The van der Waals surface area contributed by atoms with Crippen molar-refractivity contribution in [3.8, 4) is 0 Å². The van der Waals surface area contributed by atoms with Crippen molar-refractivity contribution in [3.05, 3.63) is 51.7 Å². The predicted octanol–water partition coefficient (Wildman–Crippen LogP) is 3.67. The number of thiophene rings is 1. The van der Waals surface area contributed by atoms with Gasteiger partial charge in [0.1, 0.15) is 0 Å². The number of fused-ring (bicyclic) bond motifs is 3. The van der Waals surface area contributed by atoms with Gasteiger partial charge in [-0.25, -0.2) is 9.97 Å². The van der Waals surface area contributed by atoms with Crippen LogP contribution in [0.15, 0.2) is 30.7 Å². The number of piperidine rings is 1. The van der Waals surface area contributed by atoms with Crippen molar-refractivity contribution >= 4 is 47.8 Å². The van der Waals surface area contributed by atoms with Gasteiger partial charge in [-0.05, 0) is 50.0 Å². The van der Waals surface area contributed by atoms with E-state index >= 15 is 0 Å². The number of amides is 1. The Bertz CT molecular complexity index is 1010. The van der Waals surface area contributed by atoms with Crippen LogP contribution in [0.2, 0.25) is 0 Å². The Morgan fingerprint density at radius 2 is 2.19 bits per heavy atom. The van der Waals surface area contributed by atoms with Gasteiger partial charge < -0.3 is 15.4 Å². The van der Waals surface area contributed by atoms with Gasteiger partial charge in [-0.3, -0.25) is 9.20 Å². The molecule has 1 amide bonds. The molecule has 7 nitrogen and oxygen atoms in total. The van der Waals surface area contributed by atoms with E-state index in [1.54, 1.807) is 17.5 Å². The van der Waals surface area contributed by atoms with Crippen LogP contribution >= 0.6 is 36.2 Å². The van der Waals surface area contributed by atoms with E-state index in [4.69, 9.17) is 4.74 Å². The highest BCUT2D eigenvalue weighted by atomic mass is 35.5. The number of hydrogen-bond donors (Lipinski definition) is 2. The lowest BCUT2D eigenvalue weighted by Gasteiger charge is -2.40. The topological polar surface area (TPSA) is 80.5 Å². The SMILES string of the molecule is CCC(NC(=O)c1cc2c(s1)CCOC21CCNCC1)c1cn2cccnc2n1.Cl.Cl. The van der Waals surface area contributed by atoms with Gasteiger partial charge in [0.2, 0.25) is 5.78 Å². The molecule has 0 aliphatic carbocycles. The van der Waals surface area contributed by atoms with Crippen molar-refractivity contribution in [1.29, 1.82) is 0 Å². The number of rotatable bonds is 4. The van der Waals surface area contributed by atoms with Gasteiger partial charge in [0, 0.05) is 29.9 Å². The predicted molar refractivity (Wildman–Crippen MR) is 126 cm³/mol. The third-order valence-electron chi connectivity index (χ3n) is 5.97. The summed E-state index contributed by atoms with van der Waals surface area (Å²) in [5.41, 5.74) is 1.84. The molecule has 10 heteroatoms. The second-order valence-electron chi connectivity index (χ2n) is 7.72. The molecule has 2 aliphatic heterocycles. The van der Waals surface area contributed by atoms with E-state index in [0.29, 0.717) is 5.78 Å². The molecule has 1 fully saturated rings. The van der Waals surface area contributed by atoms with Crippen molar-refractivity contribution in [1.82, 2.24) is 25.0 Å². The first kappa shape index (κ1) is 23.9. The van der Waals surface area contributed by atoms with Gasteiger partial charge in [0.15, 0.2) is 0 Å². The largest absolute Gasteiger partial charge is 0.370 e. The Kier molecular flexibility index (Phi) is 7.59. The van der Waals surface area contributed by atoms with Crippen LogP contribution in [-0.2, 0) is 16.8 Å². The van der Waals surface area contributed by atoms with Crippen molar-refractivity contribution in [2.24, 2.45) is 0 Å². The van der Waals surface area contributed by atoms with Crippen molar-refractivity contribution in [2.75, 3.05) is 19.7 Å². The van der Waals surface area contributed by atoms with Gasteiger partial charge in [-0.15, -0.1) is 36.2 Å². The number of aromatic nitrogens is 3. The first-order chi connectivity index (χ1) is 14.2. The molecule has 5 rings (SSSR count). The van der Waals surface area contributed by atoms with Crippen LogP contribution in [0.5, 0.6) is 0 Å². The standard InChI is InChI=1S/C21H25N5O2S.2ClH/c1-2-15(16-13-26-10-3-7-23-20(26)25-16)24-19(27)18-12-14-17(29-18)4-11-28-21(14)5-8-22-9-6-21;;/h3,7,10,12-13,15,22H,2,4-6,8-9,11H2,1H3,(H,24,27);2*1H. The Balaban J connectivity index is 0.00000136. The van der Waals surface area contributed by atoms with E-state index in [1.807, 2.05) is 22.9 Å². The van der Waals surface area contributed by atoms with E-state index in [0.717, 1.165) is 56.0 Å². The van der Waals surface area contributed by atoms with E-state index in [9.17, 15) is 4.79 Å².